The fraction of sp³-hybridized carbons (Fsp3) is 0.250. The highest BCUT2D eigenvalue weighted by Gasteiger charge is 2.12. The Morgan fingerprint density at radius 1 is 1.05 bits per heavy atom. The van der Waals surface area contributed by atoms with Crippen LogP contribution in [0.3, 0.4) is 0 Å². The molecule has 0 aliphatic rings. The monoisotopic (exact) mass is 309 g/mol. The van der Waals surface area contributed by atoms with Gasteiger partial charge in [-0.1, -0.05) is 47.5 Å². The van der Waals surface area contributed by atoms with Crippen molar-refractivity contribution in [2.24, 2.45) is 0 Å². The van der Waals surface area contributed by atoms with E-state index in [1.54, 1.807) is 6.07 Å². The van der Waals surface area contributed by atoms with E-state index < -0.39 is 6.10 Å². The summed E-state index contributed by atoms with van der Waals surface area (Å²) >= 11 is 12.1. The van der Waals surface area contributed by atoms with Gasteiger partial charge >= 0.3 is 0 Å². The lowest BCUT2D eigenvalue weighted by Crippen LogP contribution is -2.09. The maximum Gasteiger partial charge on any atom is 0.0830 e. The van der Waals surface area contributed by atoms with Crippen molar-refractivity contribution in [2.45, 2.75) is 12.5 Å². The lowest BCUT2D eigenvalue weighted by Gasteiger charge is -2.16. The molecule has 20 heavy (non-hydrogen) atoms. The van der Waals surface area contributed by atoms with Gasteiger partial charge in [0.1, 0.15) is 0 Å². The second kappa shape index (κ2) is 6.49. The van der Waals surface area contributed by atoms with Crippen LogP contribution in [0.2, 0.25) is 10.0 Å². The Bertz CT molecular complexity index is 582. The molecule has 4 heteroatoms. The Kier molecular flexibility index (Phi) is 4.92. The van der Waals surface area contributed by atoms with E-state index >= 15 is 0 Å². The van der Waals surface area contributed by atoms with E-state index in [1.165, 1.54) is 0 Å². The third-order valence-corrected chi connectivity index (χ3v) is 4.10. The molecule has 0 aliphatic carbocycles. The van der Waals surface area contributed by atoms with Gasteiger partial charge in [-0.25, -0.2) is 0 Å². The molecule has 106 valence electrons. The predicted octanol–water partition coefficient (Wildman–Crippen LogP) is 4.34. The first-order chi connectivity index (χ1) is 9.49. The molecule has 2 rings (SSSR count). The normalized spacial score (nSPS) is 12.2. The summed E-state index contributed by atoms with van der Waals surface area (Å²) in [7, 11) is 3.97. The van der Waals surface area contributed by atoms with Gasteiger partial charge in [0.15, 0.2) is 0 Å². The average Bonchev–Trinajstić information content (AvgIpc) is 2.44. The molecule has 1 unspecified atom stereocenters. The van der Waals surface area contributed by atoms with Gasteiger partial charge in [-0.2, -0.15) is 0 Å². The standard InChI is InChI=1S/C16H17Cl2NO/c1-19(2)13-8-6-11(7-9-13)15(20)10-12-4-3-5-14(17)16(12)18/h3-9,15,20H,10H2,1-2H3. The molecule has 1 N–H and O–H groups in total. The number of halogens is 2. The Labute approximate surface area is 129 Å². The van der Waals surface area contributed by atoms with Crippen LogP contribution in [-0.2, 0) is 6.42 Å². The lowest BCUT2D eigenvalue weighted by molar-refractivity contribution is 0.178. The minimum Gasteiger partial charge on any atom is -0.388 e. The Morgan fingerprint density at radius 3 is 2.30 bits per heavy atom. The van der Waals surface area contributed by atoms with E-state index in [2.05, 4.69) is 0 Å². The second-order valence-electron chi connectivity index (χ2n) is 4.92. The SMILES string of the molecule is CN(C)c1ccc(C(O)Cc2cccc(Cl)c2Cl)cc1. The van der Waals surface area contributed by atoms with E-state index in [0.717, 1.165) is 16.8 Å². The maximum atomic E-state index is 10.3. The van der Waals surface area contributed by atoms with E-state index in [-0.39, 0.29) is 0 Å². The summed E-state index contributed by atoms with van der Waals surface area (Å²) in [5.41, 5.74) is 2.82. The number of benzene rings is 2. The van der Waals surface area contributed by atoms with E-state index in [1.807, 2.05) is 55.4 Å². The maximum absolute atomic E-state index is 10.3. The fourth-order valence-corrected chi connectivity index (χ4v) is 2.42. The number of hydrogen-bond acceptors (Lipinski definition) is 2. The smallest absolute Gasteiger partial charge is 0.0830 e. The summed E-state index contributed by atoms with van der Waals surface area (Å²) in [5.74, 6) is 0. The molecular formula is C16H17Cl2NO. The molecule has 0 radical (unpaired) electrons. The van der Waals surface area contributed by atoms with Gasteiger partial charge < -0.3 is 10.0 Å². The van der Waals surface area contributed by atoms with Gasteiger partial charge in [0, 0.05) is 26.2 Å². The zero-order valence-electron chi connectivity index (χ0n) is 11.5. The molecule has 1 atom stereocenters. The molecule has 0 saturated carbocycles. The van der Waals surface area contributed by atoms with Crippen LogP contribution in [0.15, 0.2) is 42.5 Å². The highest BCUT2D eigenvalue weighted by atomic mass is 35.5. The summed E-state index contributed by atoms with van der Waals surface area (Å²) in [5, 5.41) is 11.3. The average molecular weight is 310 g/mol. The second-order valence-corrected chi connectivity index (χ2v) is 5.70. The minimum absolute atomic E-state index is 0.445. The summed E-state index contributed by atoms with van der Waals surface area (Å²) in [6.45, 7) is 0. The van der Waals surface area contributed by atoms with Gasteiger partial charge in [0.25, 0.3) is 0 Å². The fourth-order valence-electron chi connectivity index (χ4n) is 2.03. The Balaban J connectivity index is 2.15. The zero-order chi connectivity index (χ0) is 14.7. The quantitative estimate of drug-likeness (QED) is 0.908. The van der Waals surface area contributed by atoms with Crippen LogP contribution in [0.25, 0.3) is 0 Å². The Morgan fingerprint density at radius 2 is 1.70 bits per heavy atom. The molecule has 0 saturated heterocycles. The van der Waals surface area contributed by atoms with E-state index in [0.29, 0.717) is 16.5 Å². The van der Waals surface area contributed by atoms with Crippen molar-refractivity contribution < 1.29 is 5.11 Å². The van der Waals surface area contributed by atoms with Crippen LogP contribution in [0.5, 0.6) is 0 Å². The first-order valence-electron chi connectivity index (χ1n) is 6.37. The third-order valence-electron chi connectivity index (χ3n) is 3.24. The predicted molar refractivity (Wildman–Crippen MR) is 85.9 cm³/mol. The summed E-state index contributed by atoms with van der Waals surface area (Å²) < 4.78 is 0. The van der Waals surface area contributed by atoms with Crippen molar-refractivity contribution in [2.75, 3.05) is 19.0 Å². The molecule has 2 nitrogen and oxygen atoms in total. The largest absolute Gasteiger partial charge is 0.388 e. The molecular weight excluding hydrogens is 293 g/mol. The molecule has 0 aliphatic heterocycles. The zero-order valence-corrected chi connectivity index (χ0v) is 13.0. The van der Waals surface area contributed by atoms with Crippen molar-refractivity contribution in [1.29, 1.82) is 0 Å². The summed E-state index contributed by atoms with van der Waals surface area (Å²) in [6, 6.07) is 13.3. The van der Waals surface area contributed by atoms with Crippen LogP contribution in [-0.4, -0.2) is 19.2 Å². The highest BCUT2D eigenvalue weighted by Crippen LogP contribution is 2.29. The van der Waals surface area contributed by atoms with Gasteiger partial charge in [-0.3, -0.25) is 0 Å². The molecule has 0 amide bonds. The van der Waals surface area contributed by atoms with Crippen molar-refractivity contribution in [3.05, 3.63) is 63.6 Å². The summed E-state index contributed by atoms with van der Waals surface area (Å²) in [6.07, 6.45) is -0.150. The molecule has 0 heterocycles. The van der Waals surface area contributed by atoms with Crippen LogP contribution >= 0.6 is 23.2 Å². The summed E-state index contributed by atoms with van der Waals surface area (Å²) in [4.78, 5) is 2.02. The van der Waals surface area contributed by atoms with Crippen molar-refractivity contribution in [3.8, 4) is 0 Å². The first-order valence-corrected chi connectivity index (χ1v) is 7.13. The highest BCUT2D eigenvalue weighted by molar-refractivity contribution is 6.42. The number of nitrogens with zero attached hydrogens (tertiary/aromatic N) is 1. The van der Waals surface area contributed by atoms with Crippen LogP contribution in [0.4, 0.5) is 5.69 Å². The van der Waals surface area contributed by atoms with Crippen LogP contribution in [0, 0.1) is 0 Å². The topological polar surface area (TPSA) is 23.5 Å². The number of anilines is 1. The first kappa shape index (κ1) is 15.2. The molecule has 0 spiro atoms. The van der Waals surface area contributed by atoms with Crippen molar-refractivity contribution in [3.63, 3.8) is 0 Å². The van der Waals surface area contributed by atoms with E-state index in [4.69, 9.17) is 23.2 Å². The van der Waals surface area contributed by atoms with Gasteiger partial charge in [-0.05, 0) is 29.3 Å². The van der Waals surface area contributed by atoms with Crippen molar-refractivity contribution >= 4 is 28.9 Å². The molecule has 2 aromatic carbocycles. The number of hydrogen-bond donors (Lipinski definition) is 1. The van der Waals surface area contributed by atoms with Gasteiger partial charge in [0.2, 0.25) is 0 Å². The van der Waals surface area contributed by atoms with Crippen molar-refractivity contribution in [1.82, 2.24) is 0 Å². The van der Waals surface area contributed by atoms with Gasteiger partial charge in [0.05, 0.1) is 16.1 Å². The van der Waals surface area contributed by atoms with Gasteiger partial charge in [-0.15, -0.1) is 0 Å². The number of rotatable bonds is 4. The number of aliphatic hydroxyl groups excluding tert-OH is 1. The minimum atomic E-state index is -0.595. The van der Waals surface area contributed by atoms with Crippen LogP contribution in [0.1, 0.15) is 17.2 Å². The molecule has 0 bridgehead atoms. The van der Waals surface area contributed by atoms with E-state index in [9.17, 15) is 5.11 Å². The molecule has 0 aromatic heterocycles. The van der Waals surface area contributed by atoms with Crippen LogP contribution < -0.4 is 4.90 Å². The lowest BCUT2D eigenvalue weighted by atomic mass is 10.0. The Hall–Kier alpha value is -1.22. The third kappa shape index (κ3) is 3.45. The molecule has 2 aromatic rings. The number of aliphatic hydroxyl groups is 1. The molecule has 0 fully saturated rings.